The molecule has 0 aliphatic carbocycles. The Morgan fingerprint density at radius 2 is 2.44 bits per heavy atom. The van der Waals surface area contributed by atoms with Gasteiger partial charge in [0.2, 0.25) is 5.95 Å². The quantitative estimate of drug-likeness (QED) is 0.806. The van der Waals surface area contributed by atoms with Gasteiger partial charge in [-0.3, -0.25) is 0 Å². The summed E-state index contributed by atoms with van der Waals surface area (Å²) in [6.45, 7) is 8.14. The normalized spacial score (nSPS) is 21.4. The molecule has 1 fully saturated rings. The first-order valence-electron chi connectivity index (χ1n) is 5.85. The highest BCUT2D eigenvalue weighted by Gasteiger charge is 2.22. The summed E-state index contributed by atoms with van der Waals surface area (Å²) in [6.07, 6.45) is 2.22. The Hall–Kier alpha value is -1.07. The summed E-state index contributed by atoms with van der Waals surface area (Å²) in [6, 6.07) is 0. The molecule has 5 nitrogen and oxygen atoms in total. The Balaban J connectivity index is 2.15. The molecule has 1 aromatic heterocycles. The minimum absolute atomic E-state index is 0.135. The largest absolute Gasteiger partial charge is 0.373 e. The maximum Gasteiger partial charge on any atom is 0.205 e. The number of rotatable bonds is 3. The van der Waals surface area contributed by atoms with Crippen LogP contribution in [0.2, 0.25) is 0 Å². The van der Waals surface area contributed by atoms with Crippen molar-refractivity contribution in [3.8, 4) is 0 Å². The number of nitrogens with two attached hydrogens (primary N) is 1. The van der Waals surface area contributed by atoms with Crippen molar-refractivity contribution in [2.75, 3.05) is 31.1 Å². The lowest BCUT2D eigenvalue weighted by molar-refractivity contribution is 0.0458. The number of imidazole rings is 1. The summed E-state index contributed by atoms with van der Waals surface area (Å²) < 4.78 is 7.73. The van der Waals surface area contributed by atoms with Gasteiger partial charge in [0.1, 0.15) is 0 Å². The zero-order valence-corrected chi connectivity index (χ0v) is 10.0. The molecule has 0 bridgehead atoms. The van der Waals surface area contributed by atoms with Gasteiger partial charge < -0.3 is 19.9 Å². The Kier molecular flexibility index (Phi) is 3.46. The maximum absolute atomic E-state index is 5.64. The van der Waals surface area contributed by atoms with Gasteiger partial charge in [-0.1, -0.05) is 0 Å². The van der Waals surface area contributed by atoms with E-state index in [0.29, 0.717) is 6.54 Å². The van der Waals surface area contributed by atoms with Gasteiger partial charge in [0.05, 0.1) is 18.4 Å². The van der Waals surface area contributed by atoms with Crippen molar-refractivity contribution in [1.29, 1.82) is 0 Å². The van der Waals surface area contributed by atoms with E-state index in [9.17, 15) is 0 Å². The van der Waals surface area contributed by atoms with E-state index in [1.165, 1.54) is 0 Å². The van der Waals surface area contributed by atoms with Crippen molar-refractivity contribution in [1.82, 2.24) is 9.55 Å². The van der Waals surface area contributed by atoms with Crippen molar-refractivity contribution in [2.45, 2.75) is 26.5 Å². The van der Waals surface area contributed by atoms with Crippen molar-refractivity contribution in [3.05, 3.63) is 11.9 Å². The minimum atomic E-state index is 0.135. The van der Waals surface area contributed by atoms with Gasteiger partial charge in [-0.05, 0) is 13.8 Å². The van der Waals surface area contributed by atoms with Crippen molar-refractivity contribution < 1.29 is 4.74 Å². The van der Waals surface area contributed by atoms with E-state index < -0.39 is 0 Å². The second-order valence-corrected chi connectivity index (χ2v) is 4.14. The van der Waals surface area contributed by atoms with Crippen molar-refractivity contribution in [3.63, 3.8) is 0 Å². The highest BCUT2D eigenvalue weighted by molar-refractivity contribution is 5.34. The van der Waals surface area contributed by atoms with Crippen LogP contribution >= 0.6 is 0 Å². The zero-order chi connectivity index (χ0) is 11.5. The smallest absolute Gasteiger partial charge is 0.205 e. The molecule has 2 N–H and O–H groups in total. The average Bonchev–Trinajstić information content (AvgIpc) is 2.70. The van der Waals surface area contributed by atoms with Crippen LogP contribution in [-0.2, 0) is 11.3 Å². The highest BCUT2D eigenvalue weighted by Crippen LogP contribution is 2.17. The minimum Gasteiger partial charge on any atom is -0.373 e. The zero-order valence-electron chi connectivity index (χ0n) is 10.0. The van der Waals surface area contributed by atoms with E-state index in [4.69, 9.17) is 10.5 Å². The molecule has 2 heterocycles. The number of hydrogen-bond acceptors (Lipinski definition) is 4. The Bertz CT molecular complexity index is 350. The molecule has 1 atom stereocenters. The average molecular weight is 224 g/mol. The number of morpholine rings is 1. The summed E-state index contributed by atoms with van der Waals surface area (Å²) >= 11 is 0. The summed E-state index contributed by atoms with van der Waals surface area (Å²) in [5.74, 6) is 1.04. The third-order valence-corrected chi connectivity index (χ3v) is 2.90. The molecule has 1 aromatic rings. The van der Waals surface area contributed by atoms with Crippen LogP contribution in [-0.4, -0.2) is 41.9 Å². The number of ether oxygens (including phenoxy) is 1. The van der Waals surface area contributed by atoms with Crippen LogP contribution in [0.15, 0.2) is 6.20 Å². The van der Waals surface area contributed by atoms with Crippen LogP contribution in [0.3, 0.4) is 0 Å². The van der Waals surface area contributed by atoms with Gasteiger partial charge >= 0.3 is 0 Å². The summed E-state index contributed by atoms with van der Waals surface area (Å²) in [7, 11) is 0. The fourth-order valence-corrected chi connectivity index (χ4v) is 2.06. The summed E-state index contributed by atoms with van der Waals surface area (Å²) in [5.41, 5.74) is 6.70. The third-order valence-electron chi connectivity index (χ3n) is 2.90. The lowest BCUT2D eigenvalue weighted by Crippen LogP contribution is -2.46. The first kappa shape index (κ1) is 11.4. The molecule has 1 aliphatic heterocycles. The molecule has 16 heavy (non-hydrogen) atoms. The first-order valence-corrected chi connectivity index (χ1v) is 5.85. The van der Waals surface area contributed by atoms with Crippen LogP contribution in [0.5, 0.6) is 0 Å². The van der Waals surface area contributed by atoms with E-state index >= 15 is 0 Å². The second kappa shape index (κ2) is 4.84. The molecule has 1 unspecified atom stereocenters. The molecule has 2 rings (SSSR count). The molecule has 90 valence electrons. The predicted octanol–water partition coefficient (Wildman–Crippen LogP) is 0.375. The molecular weight excluding hydrogens is 204 g/mol. The molecule has 0 amide bonds. The van der Waals surface area contributed by atoms with Crippen LogP contribution in [0.1, 0.15) is 12.6 Å². The van der Waals surface area contributed by atoms with E-state index in [-0.39, 0.29) is 6.10 Å². The monoisotopic (exact) mass is 224 g/mol. The molecule has 0 spiro atoms. The van der Waals surface area contributed by atoms with Gasteiger partial charge in [-0.25, -0.2) is 4.98 Å². The van der Waals surface area contributed by atoms with Crippen LogP contribution in [0, 0.1) is 6.92 Å². The lowest BCUT2D eigenvalue weighted by atomic mass is 10.3. The third kappa shape index (κ3) is 2.20. The number of aromatic nitrogens is 2. The number of anilines is 1. The highest BCUT2D eigenvalue weighted by atomic mass is 16.5. The second-order valence-electron chi connectivity index (χ2n) is 4.14. The SMILES string of the molecule is CCn1cc(C)nc1N1CCOC(CN)C1. The standard InChI is InChI=1S/C11H20N4O/c1-3-14-7-9(2)13-11(14)15-4-5-16-10(6-12)8-15/h7,10H,3-6,8,12H2,1-2H3. The Morgan fingerprint density at radius 1 is 1.62 bits per heavy atom. The Labute approximate surface area is 96.2 Å². The molecule has 1 saturated heterocycles. The van der Waals surface area contributed by atoms with Gasteiger partial charge in [-0.2, -0.15) is 0 Å². The van der Waals surface area contributed by atoms with Gasteiger partial charge in [0.25, 0.3) is 0 Å². The number of hydrogen-bond donors (Lipinski definition) is 1. The lowest BCUT2D eigenvalue weighted by Gasteiger charge is -2.33. The summed E-state index contributed by atoms with van der Waals surface area (Å²) in [4.78, 5) is 6.83. The van der Waals surface area contributed by atoms with Crippen LogP contribution < -0.4 is 10.6 Å². The van der Waals surface area contributed by atoms with Crippen molar-refractivity contribution >= 4 is 5.95 Å². The van der Waals surface area contributed by atoms with Crippen molar-refractivity contribution in [2.24, 2.45) is 5.73 Å². The van der Waals surface area contributed by atoms with E-state index in [1.807, 2.05) is 6.92 Å². The van der Waals surface area contributed by atoms with Crippen LogP contribution in [0.25, 0.3) is 0 Å². The molecular formula is C11H20N4O. The molecule has 1 aliphatic rings. The van der Waals surface area contributed by atoms with Crippen LogP contribution in [0.4, 0.5) is 5.95 Å². The molecule has 0 aromatic carbocycles. The topological polar surface area (TPSA) is 56.3 Å². The maximum atomic E-state index is 5.64. The fraction of sp³-hybridized carbons (Fsp3) is 0.727. The van der Waals surface area contributed by atoms with E-state index in [2.05, 4.69) is 27.6 Å². The number of aryl methyl sites for hydroxylation is 2. The first-order chi connectivity index (χ1) is 7.74. The molecule has 0 radical (unpaired) electrons. The summed E-state index contributed by atoms with van der Waals surface area (Å²) in [5, 5.41) is 0. The predicted molar refractivity (Wildman–Crippen MR) is 63.6 cm³/mol. The Morgan fingerprint density at radius 3 is 3.12 bits per heavy atom. The number of nitrogens with zero attached hydrogens (tertiary/aromatic N) is 3. The van der Waals surface area contributed by atoms with Gasteiger partial charge in [-0.15, -0.1) is 0 Å². The molecule has 0 saturated carbocycles. The van der Waals surface area contributed by atoms with Gasteiger partial charge in [0, 0.05) is 32.4 Å². The molecule has 5 heteroatoms. The van der Waals surface area contributed by atoms with E-state index in [0.717, 1.165) is 37.9 Å². The van der Waals surface area contributed by atoms with Gasteiger partial charge in [0.15, 0.2) is 0 Å². The fourth-order valence-electron chi connectivity index (χ4n) is 2.06. The van der Waals surface area contributed by atoms with E-state index in [1.54, 1.807) is 0 Å².